The van der Waals surface area contributed by atoms with Crippen LogP contribution < -0.4 is 0 Å². The second kappa shape index (κ2) is 6.24. The lowest BCUT2D eigenvalue weighted by Gasteiger charge is -2.12. The Morgan fingerprint density at radius 1 is 1.33 bits per heavy atom. The Kier molecular flexibility index (Phi) is 6.07. The summed E-state index contributed by atoms with van der Waals surface area (Å²) in [5, 5.41) is 17.2. The molecule has 0 aromatic heterocycles. The highest BCUT2D eigenvalue weighted by Crippen LogP contribution is 2.30. The van der Waals surface area contributed by atoms with E-state index in [2.05, 4.69) is 0 Å². The minimum Gasteiger partial charge on any atom is -0.505 e. The zero-order valence-corrected chi connectivity index (χ0v) is 10.4. The first-order chi connectivity index (χ1) is 6.84. The number of hydrogen-bond donors (Lipinski definition) is 2. The molecule has 0 atom stereocenters. The third kappa shape index (κ3) is 4.31. The molecule has 0 unspecified atom stereocenters. The molecule has 3 nitrogen and oxygen atoms in total. The van der Waals surface area contributed by atoms with E-state index in [1.54, 1.807) is 22.6 Å². The first-order valence-electron chi connectivity index (χ1n) is 4.53. The van der Waals surface area contributed by atoms with Gasteiger partial charge in [-0.15, -0.1) is 0 Å². The number of carboxylic acid groups (broad SMARTS) is 1. The largest absolute Gasteiger partial charge is 0.505 e. The zero-order valence-electron chi connectivity index (χ0n) is 8.26. The molecule has 0 saturated heterocycles. The molecule has 0 saturated carbocycles. The molecule has 0 spiro atoms. The molecule has 6 heteroatoms. The summed E-state index contributed by atoms with van der Waals surface area (Å²) in [5.41, 5.74) is 0. The summed E-state index contributed by atoms with van der Waals surface area (Å²) in [6.45, 7) is 1.96. The van der Waals surface area contributed by atoms with Crippen molar-refractivity contribution in [2.45, 2.75) is 38.5 Å². The van der Waals surface area contributed by atoms with Gasteiger partial charge in [0.05, 0.1) is 0 Å². The molecule has 0 aliphatic rings. The van der Waals surface area contributed by atoms with E-state index in [0.29, 0.717) is 6.42 Å². The molecule has 0 radical (unpaired) electrons. The lowest BCUT2D eigenvalue weighted by Crippen LogP contribution is -2.31. The summed E-state index contributed by atoms with van der Waals surface area (Å²) in [5.74, 6) is -7.85. The Hall–Kier alpha value is -0.400. The molecular formula is C9H13F2IO3. The van der Waals surface area contributed by atoms with Gasteiger partial charge in [-0.05, 0) is 35.4 Å². The van der Waals surface area contributed by atoms with Crippen LogP contribution in [-0.4, -0.2) is 22.1 Å². The van der Waals surface area contributed by atoms with Crippen LogP contribution in [0.3, 0.4) is 0 Å². The van der Waals surface area contributed by atoms with Crippen LogP contribution in [0.25, 0.3) is 0 Å². The molecule has 2 N–H and O–H groups in total. The number of aliphatic hydroxyl groups is 1. The summed E-state index contributed by atoms with van der Waals surface area (Å²) >= 11 is 1.55. The molecule has 0 bridgehead atoms. The van der Waals surface area contributed by atoms with E-state index in [9.17, 15) is 13.6 Å². The van der Waals surface area contributed by atoms with Gasteiger partial charge in [-0.1, -0.05) is 19.8 Å². The van der Waals surface area contributed by atoms with Crippen molar-refractivity contribution in [3.8, 4) is 0 Å². The molecule has 0 fully saturated rings. The summed E-state index contributed by atoms with van der Waals surface area (Å²) < 4.78 is 25.6. The van der Waals surface area contributed by atoms with Crippen molar-refractivity contribution in [2.24, 2.45) is 0 Å². The topological polar surface area (TPSA) is 57.5 Å². The zero-order chi connectivity index (χ0) is 12.1. The summed E-state index contributed by atoms with van der Waals surface area (Å²) in [6.07, 6.45) is 2.73. The molecule has 0 aromatic rings. The van der Waals surface area contributed by atoms with Crippen molar-refractivity contribution in [1.29, 1.82) is 0 Å². The van der Waals surface area contributed by atoms with E-state index in [1.165, 1.54) is 0 Å². The first kappa shape index (κ1) is 14.6. The lowest BCUT2D eigenvalue weighted by atomic mass is 10.1. The predicted octanol–water partition coefficient (Wildman–Crippen LogP) is 3.49. The maximum absolute atomic E-state index is 12.8. The molecule has 0 heterocycles. The van der Waals surface area contributed by atoms with Gasteiger partial charge in [0.2, 0.25) is 0 Å². The van der Waals surface area contributed by atoms with E-state index < -0.39 is 17.7 Å². The van der Waals surface area contributed by atoms with Gasteiger partial charge in [0.15, 0.2) is 5.76 Å². The second-order valence-corrected chi connectivity index (χ2v) is 4.39. The summed E-state index contributed by atoms with van der Waals surface area (Å²) in [6, 6.07) is 0. The number of alkyl halides is 2. The number of aliphatic hydroxyl groups excluding tert-OH is 1. The van der Waals surface area contributed by atoms with Crippen molar-refractivity contribution in [1.82, 2.24) is 0 Å². The normalized spacial score (nSPS) is 13.6. The van der Waals surface area contributed by atoms with Gasteiger partial charge < -0.3 is 10.2 Å². The van der Waals surface area contributed by atoms with Crippen LogP contribution in [0, 0.1) is 0 Å². The van der Waals surface area contributed by atoms with Crippen molar-refractivity contribution < 1.29 is 23.8 Å². The fraction of sp³-hybridized carbons (Fsp3) is 0.667. The highest BCUT2D eigenvalue weighted by Gasteiger charge is 2.45. The Bertz CT molecular complexity index is 264. The van der Waals surface area contributed by atoms with E-state index in [-0.39, 0.29) is 10.0 Å². The number of allylic oxidation sites excluding steroid dienone is 1. The molecule has 0 aliphatic carbocycles. The number of hydrogen-bond acceptors (Lipinski definition) is 2. The van der Waals surface area contributed by atoms with Gasteiger partial charge in [0.1, 0.15) is 0 Å². The Morgan fingerprint density at radius 2 is 1.87 bits per heavy atom. The molecular weight excluding hydrogens is 321 g/mol. The average Bonchev–Trinajstić information content (AvgIpc) is 2.16. The predicted molar refractivity (Wildman–Crippen MR) is 60.4 cm³/mol. The number of unbranched alkanes of at least 4 members (excludes halogenated alkanes) is 2. The van der Waals surface area contributed by atoms with Gasteiger partial charge in [-0.25, -0.2) is 4.79 Å². The number of aliphatic carboxylic acids is 1. The van der Waals surface area contributed by atoms with E-state index >= 15 is 0 Å². The van der Waals surface area contributed by atoms with Crippen molar-refractivity contribution in [3.05, 3.63) is 9.34 Å². The van der Waals surface area contributed by atoms with Crippen LogP contribution >= 0.6 is 22.6 Å². The van der Waals surface area contributed by atoms with E-state index in [4.69, 9.17) is 10.2 Å². The molecule has 0 aromatic carbocycles. The fourth-order valence-corrected chi connectivity index (χ4v) is 1.64. The van der Waals surface area contributed by atoms with Crippen LogP contribution in [0.2, 0.25) is 0 Å². The van der Waals surface area contributed by atoms with Crippen molar-refractivity contribution in [3.63, 3.8) is 0 Å². The van der Waals surface area contributed by atoms with Crippen LogP contribution in [0.4, 0.5) is 8.78 Å². The van der Waals surface area contributed by atoms with Crippen LogP contribution in [0.15, 0.2) is 9.34 Å². The Balaban J connectivity index is 4.56. The third-order valence-corrected chi connectivity index (χ3v) is 2.87. The van der Waals surface area contributed by atoms with E-state index in [0.717, 1.165) is 12.8 Å². The smallest absolute Gasteiger partial charge is 0.398 e. The molecule has 0 aliphatic heterocycles. The van der Waals surface area contributed by atoms with Gasteiger partial charge in [0.25, 0.3) is 0 Å². The standard InChI is InChI=1S/C9H13F2IO3/c1-2-3-4-5-6(12)7(13)9(10,11)8(14)15/h13H,2-5H2,1H3,(H,14,15). The molecule has 15 heavy (non-hydrogen) atoms. The number of rotatable bonds is 6. The number of halogens is 3. The molecule has 88 valence electrons. The Morgan fingerprint density at radius 3 is 2.27 bits per heavy atom. The Labute approximate surface area is 100 Å². The minimum atomic E-state index is -4.18. The van der Waals surface area contributed by atoms with Crippen molar-refractivity contribution >= 4 is 28.6 Å². The SMILES string of the molecule is CCCCCC(I)=C(O)C(F)(F)C(=O)O. The van der Waals surface area contributed by atoms with Gasteiger partial charge in [-0.2, -0.15) is 8.78 Å². The monoisotopic (exact) mass is 334 g/mol. The highest BCUT2D eigenvalue weighted by molar-refractivity contribution is 14.1. The maximum Gasteiger partial charge on any atom is 0.398 e. The van der Waals surface area contributed by atoms with Crippen LogP contribution in [-0.2, 0) is 4.79 Å². The molecule has 0 amide bonds. The van der Waals surface area contributed by atoms with Gasteiger partial charge >= 0.3 is 11.9 Å². The average molecular weight is 334 g/mol. The van der Waals surface area contributed by atoms with Crippen molar-refractivity contribution in [2.75, 3.05) is 0 Å². The van der Waals surface area contributed by atoms with Crippen LogP contribution in [0.1, 0.15) is 32.6 Å². The fourth-order valence-electron chi connectivity index (χ4n) is 0.920. The number of carbonyl (C=O) groups is 1. The second-order valence-electron chi connectivity index (χ2n) is 3.09. The van der Waals surface area contributed by atoms with Gasteiger partial charge in [0, 0.05) is 3.58 Å². The lowest BCUT2D eigenvalue weighted by molar-refractivity contribution is -0.163. The third-order valence-electron chi connectivity index (χ3n) is 1.82. The molecule has 0 rings (SSSR count). The summed E-state index contributed by atoms with van der Waals surface area (Å²) in [7, 11) is 0. The maximum atomic E-state index is 12.8. The minimum absolute atomic E-state index is 0.00782. The number of carboxylic acids is 1. The quantitative estimate of drug-likeness (QED) is 0.444. The van der Waals surface area contributed by atoms with Crippen LogP contribution in [0.5, 0.6) is 0 Å². The van der Waals surface area contributed by atoms with Gasteiger partial charge in [-0.3, -0.25) is 0 Å². The highest BCUT2D eigenvalue weighted by atomic mass is 127. The first-order valence-corrected chi connectivity index (χ1v) is 5.61. The van der Waals surface area contributed by atoms with E-state index in [1.807, 2.05) is 6.92 Å². The summed E-state index contributed by atoms with van der Waals surface area (Å²) in [4.78, 5) is 10.1.